The van der Waals surface area contributed by atoms with Gasteiger partial charge in [0.1, 0.15) is 18.2 Å². The van der Waals surface area contributed by atoms with Gasteiger partial charge in [-0.25, -0.2) is 9.59 Å². The number of hydrogen-bond acceptors (Lipinski definition) is 6. The Kier molecular flexibility index (Phi) is 8.27. The summed E-state index contributed by atoms with van der Waals surface area (Å²) in [4.78, 5) is 33.9. The molecule has 0 aliphatic carbocycles. The first-order valence-corrected chi connectivity index (χ1v) is 8.17. The highest BCUT2D eigenvalue weighted by Gasteiger charge is 2.25. The zero-order chi connectivity index (χ0) is 19.6. The summed E-state index contributed by atoms with van der Waals surface area (Å²) in [6.07, 6.45) is 1.73. The lowest BCUT2D eigenvalue weighted by Gasteiger charge is -2.22. The molecule has 0 saturated heterocycles. The van der Waals surface area contributed by atoms with Gasteiger partial charge in [-0.15, -0.1) is 0 Å². The minimum absolute atomic E-state index is 0.0664. The van der Waals surface area contributed by atoms with Crippen molar-refractivity contribution in [2.45, 2.75) is 51.9 Å². The number of nitro groups is 1. The SMILES string of the molecule is CC(C)(C)OC(=O)N[C@H](CC/C=C/[N+](=O)[O-])C(=O)OCc1ccccc1. The average Bonchev–Trinajstić information content (AvgIpc) is 2.54. The van der Waals surface area contributed by atoms with E-state index in [1.165, 1.54) is 6.08 Å². The van der Waals surface area contributed by atoms with Crippen LogP contribution < -0.4 is 5.32 Å². The molecule has 1 aromatic carbocycles. The van der Waals surface area contributed by atoms with Crippen molar-refractivity contribution in [2.24, 2.45) is 0 Å². The minimum Gasteiger partial charge on any atom is -0.459 e. The van der Waals surface area contributed by atoms with E-state index in [0.29, 0.717) is 0 Å². The monoisotopic (exact) mass is 364 g/mol. The maximum atomic E-state index is 12.3. The van der Waals surface area contributed by atoms with Crippen molar-refractivity contribution < 1.29 is 24.0 Å². The summed E-state index contributed by atoms with van der Waals surface area (Å²) in [7, 11) is 0. The predicted octanol–water partition coefficient (Wildman–Crippen LogP) is 3.19. The standard InChI is InChI=1S/C18H24N2O6/c1-18(2,3)26-17(22)19-15(11-7-8-12-20(23)24)16(21)25-13-14-9-5-4-6-10-14/h4-6,8-10,12,15H,7,11,13H2,1-3H3,(H,19,22)/b12-8+/t15-/m1/s1. The van der Waals surface area contributed by atoms with Crippen LogP contribution in [-0.2, 0) is 20.9 Å². The number of hydrogen-bond donors (Lipinski definition) is 1. The molecular weight excluding hydrogens is 340 g/mol. The van der Waals surface area contributed by atoms with Gasteiger partial charge in [0.2, 0.25) is 6.20 Å². The Morgan fingerprint density at radius 2 is 1.92 bits per heavy atom. The van der Waals surface area contributed by atoms with Crippen molar-refractivity contribution in [2.75, 3.05) is 0 Å². The van der Waals surface area contributed by atoms with Crippen LogP contribution in [0.5, 0.6) is 0 Å². The second kappa shape index (κ2) is 10.2. The molecule has 0 aliphatic heterocycles. The first-order chi connectivity index (χ1) is 12.2. The Morgan fingerprint density at radius 3 is 2.50 bits per heavy atom. The van der Waals surface area contributed by atoms with Gasteiger partial charge < -0.3 is 14.8 Å². The van der Waals surface area contributed by atoms with Gasteiger partial charge in [0.05, 0.1) is 4.92 Å². The van der Waals surface area contributed by atoms with E-state index in [9.17, 15) is 19.7 Å². The van der Waals surface area contributed by atoms with Gasteiger partial charge in [-0.05, 0) is 45.3 Å². The fourth-order valence-electron chi connectivity index (χ4n) is 1.95. The third-order valence-corrected chi connectivity index (χ3v) is 3.05. The van der Waals surface area contributed by atoms with Crippen molar-refractivity contribution in [1.82, 2.24) is 5.32 Å². The van der Waals surface area contributed by atoms with Crippen LogP contribution in [-0.4, -0.2) is 28.6 Å². The number of nitrogens with one attached hydrogen (secondary N) is 1. The summed E-state index contributed by atoms with van der Waals surface area (Å²) in [5.41, 5.74) is 0.0961. The van der Waals surface area contributed by atoms with Gasteiger partial charge >= 0.3 is 12.1 Å². The van der Waals surface area contributed by atoms with Gasteiger partial charge in [-0.3, -0.25) is 10.1 Å². The van der Waals surface area contributed by atoms with Crippen LogP contribution in [0.15, 0.2) is 42.6 Å². The van der Waals surface area contributed by atoms with Crippen molar-refractivity contribution >= 4 is 12.1 Å². The Morgan fingerprint density at radius 1 is 1.27 bits per heavy atom. The number of allylic oxidation sites excluding steroid dienone is 1. The molecule has 26 heavy (non-hydrogen) atoms. The summed E-state index contributed by atoms with van der Waals surface area (Å²) in [5.74, 6) is -0.630. The van der Waals surface area contributed by atoms with Crippen LogP contribution in [0.1, 0.15) is 39.2 Å². The van der Waals surface area contributed by atoms with E-state index in [-0.39, 0.29) is 19.4 Å². The molecule has 1 rings (SSSR count). The van der Waals surface area contributed by atoms with Gasteiger partial charge in [-0.1, -0.05) is 30.3 Å². The second-order valence-electron chi connectivity index (χ2n) is 6.54. The molecule has 8 nitrogen and oxygen atoms in total. The molecular formula is C18H24N2O6. The number of carbonyl (C=O) groups is 2. The Bertz CT molecular complexity index is 637. The van der Waals surface area contributed by atoms with Crippen LogP contribution >= 0.6 is 0 Å². The van der Waals surface area contributed by atoms with Crippen molar-refractivity contribution in [3.05, 3.63) is 58.3 Å². The van der Waals surface area contributed by atoms with Crippen LogP contribution in [0.2, 0.25) is 0 Å². The molecule has 1 N–H and O–H groups in total. The molecule has 0 fully saturated rings. The average molecular weight is 364 g/mol. The fourth-order valence-corrected chi connectivity index (χ4v) is 1.95. The number of rotatable bonds is 8. The molecule has 0 radical (unpaired) electrons. The van der Waals surface area contributed by atoms with E-state index in [4.69, 9.17) is 9.47 Å². The molecule has 0 heterocycles. The number of ether oxygens (including phenoxy) is 2. The number of carbonyl (C=O) groups excluding carboxylic acids is 2. The quantitative estimate of drug-likeness (QED) is 0.431. The molecule has 1 atom stereocenters. The Labute approximate surface area is 152 Å². The smallest absolute Gasteiger partial charge is 0.408 e. The molecule has 0 saturated carbocycles. The normalized spacial score (nSPS) is 12.4. The molecule has 142 valence electrons. The van der Waals surface area contributed by atoms with E-state index in [2.05, 4.69) is 5.32 Å². The zero-order valence-corrected chi connectivity index (χ0v) is 15.1. The Hall–Kier alpha value is -2.90. The fraction of sp³-hybridized carbons (Fsp3) is 0.444. The van der Waals surface area contributed by atoms with Crippen LogP contribution in [0.25, 0.3) is 0 Å². The van der Waals surface area contributed by atoms with E-state index in [0.717, 1.165) is 11.8 Å². The first kappa shape index (κ1) is 21.1. The van der Waals surface area contributed by atoms with Crippen molar-refractivity contribution in [3.63, 3.8) is 0 Å². The maximum absolute atomic E-state index is 12.3. The lowest BCUT2D eigenvalue weighted by Crippen LogP contribution is -2.44. The summed E-state index contributed by atoms with van der Waals surface area (Å²) in [6, 6.07) is 8.14. The molecule has 0 unspecified atom stereocenters. The maximum Gasteiger partial charge on any atom is 0.408 e. The molecule has 0 aromatic heterocycles. The third-order valence-electron chi connectivity index (χ3n) is 3.05. The van der Waals surface area contributed by atoms with Gasteiger partial charge in [-0.2, -0.15) is 0 Å². The largest absolute Gasteiger partial charge is 0.459 e. The molecule has 1 aromatic rings. The lowest BCUT2D eigenvalue weighted by atomic mass is 10.1. The summed E-state index contributed by atoms with van der Waals surface area (Å²) < 4.78 is 10.4. The van der Waals surface area contributed by atoms with Crippen LogP contribution in [0, 0.1) is 10.1 Å². The number of esters is 1. The number of alkyl carbamates (subject to hydrolysis) is 1. The third kappa shape index (κ3) is 9.41. The first-order valence-electron chi connectivity index (χ1n) is 8.17. The lowest BCUT2D eigenvalue weighted by molar-refractivity contribution is -0.402. The zero-order valence-electron chi connectivity index (χ0n) is 15.1. The number of amides is 1. The van der Waals surface area contributed by atoms with Crippen LogP contribution in [0.3, 0.4) is 0 Å². The summed E-state index contributed by atoms with van der Waals surface area (Å²) >= 11 is 0. The highest BCUT2D eigenvalue weighted by molar-refractivity contribution is 5.81. The van der Waals surface area contributed by atoms with Crippen molar-refractivity contribution in [1.29, 1.82) is 0 Å². The van der Waals surface area contributed by atoms with Gasteiger partial charge in [0, 0.05) is 0 Å². The number of benzene rings is 1. The predicted molar refractivity (Wildman–Crippen MR) is 94.8 cm³/mol. The molecule has 0 bridgehead atoms. The van der Waals surface area contributed by atoms with E-state index < -0.39 is 28.6 Å². The summed E-state index contributed by atoms with van der Waals surface area (Å²) in [6.45, 7) is 5.18. The second-order valence-corrected chi connectivity index (χ2v) is 6.54. The van der Waals surface area contributed by atoms with Gasteiger partial charge in [0.25, 0.3) is 0 Å². The summed E-state index contributed by atoms with van der Waals surface area (Å²) in [5, 5.41) is 12.8. The molecule has 8 heteroatoms. The van der Waals surface area contributed by atoms with Crippen LogP contribution in [0.4, 0.5) is 4.79 Å². The molecule has 0 aliphatic rings. The molecule has 1 amide bonds. The van der Waals surface area contributed by atoms with Gasteiger partial charge in [0.15, 0.2) is 0 Å². The van der Waals surface area contributed by atoms with E-state index in [1.54, 1.807) is 20.8 Å². The van der Waals surface area contributed by atoms with E-state index in [1.807, 2.05) is 30.3 Å². The number of nitrogens with zero attached hydrogens (tertiary/aromatic N) is 1. The Balaban J connectivity index is 2.66. The topological polar surface area (TPSA) is 108 Å². The molecule has 0 spiro atoms. The van der Waals surface area contributed by atoms with E-state index >= 15 is 0 Å². The van der Waals surface area contributed by atoms with Crippen molar-refractivity contribution in [3.8, 4) is 0 Å². The highest BCUT2D eigenvalue weighted by Crippen LogP contribution is 2.10. The minimum atomic E-state index is -0.968. The highest BCUT2D eigenvalue weighted by atomic mass is 16.6.